The van der Waals surface area contributed by atoms with Crippen molar-refractivity contribution in [2.24, 2.45) is 0 Å². The Bertz CT molecular complexity index is 928. The van der Waals surface area contributed by atoms with Gasteiger partial charge in [-0.25, -0.2) is 0 Å². The van der Waals surface area contributed by atoms with Gasteiger partial charge >= 0.3 is 6.18 Å². The molecule has 3 nitrogen and oxygen atoms in total. The van der Waals surface area contributed by atoms with Gasteiger partial charge in [0.15, 0.2) is 5.78 Å². The van der Waals surface area contributed by atoms with Gasteiger partial charge in [-0.05, 0) is 46.9 Å². The second-order valence-electron chi connectivity index (χ2n) is 6.91. The molecule has 0 saturated heterocycles. The van der Waals surface area contributed by atoms with Crippen molar-refractivity contribution in [3.05, 3.63) is 82.4 Å². The molecule has 0 unspecified atom stereocenters. The van der Waals surface area contributed by atoms with Crippen molar-refractivity contribution in [3.8, 4) is 0 Å². The number of benzene rings is 2. The summed E-state index contributed by atoms with van der Waals surface area (Å²) in [5.41, 5.74) is 3.21. The fourth-order valence-corrected chi connectivity index (χ4v) is 3.42. The molecule has 2 aromatic rings. The Kier molecular flexibility index (Phi) is 6.67. The van der Waals surface area contributed by atoms with Crippen molar-refractivity contribution in [2.45, 2.75) is 25.6 Å². The van der Waals surface area contributed by atoms with E-state index >= 15 is 0 Å². The van der Waals surface area contributed by atoms with E-state index in [1.807, 2.05) is 24.3 Å². The number of hydrogen-bond acceptors (Lipinski definition) is 3. The van der Waals surface area contributed by atoms with Crippen LogP contribution in [0.3, 0.4) is 0 Å². The van der Waals surface area contributed by atoms with Crippen LogP contribution in [-0.4, -0.2) is 30.2 Å². The Morgan fingerprint density at radius 2 is 1.83 bits per heavy atom. The number of alkyl halides is 3. The van der Waals surface area contributed by atoms with E-state index in [1.54, 1.807) is 30.3 Å². The zero-order valence-electron chi connectivity index (χ0n) is 15.8. The number of carbonyl (C=O) groups excluding carboxylic acids is 1. The van der Waals surface area contributed by atoms with E-state index in [4.69, 9.17) is 5.11 Å². The molecule has 0 heterocycles. The highest BCUT2D eigenvalue weighted by molar-refractivity contribution is 5.94. The molecule has 152 valence electrons. The number of ketones is 1. The molecule has 0 amide bonds. The quantitative estimate of drug-likeness (QED) is 0.512. The summed E-state index contributed by atoms with van der Waals surface area (Å²) in [6.45, 7) is 0.460. The van der Waals surface area contributed by atoms with E-state index < -0.39 is 18.4 Å². The number of halogens is 3. The van der Waals surface area contributed by atoms with Crippen LogP contribution in [0.25, 0.3) is 11.6 Å². The predicted octanol–water partition coefficient (Wildman–Crippen LogP) is 4.31. The van der Waals surface area contributed by atoms with Gasteiger partial charge in [-0.15, -0.1) is 0 Å². The molecule has 6 heteroatoms. The Hall–Kier alpha value is -2.70. The summed E-state index contributed by atoms with van der Waals surface area (Å²) in [5.74, 6) is -0.364. The molecule has 0 spiro atoms. The van der Waals surface area contributed by atoms with Crippen LogP contribution < -0.4 is 5.32 Å². The lowest BCUT2D eigenvalue weighted by Gasteiger charge is -2.12. The molecule has 1 aliphatic rings. The van der Waals surface area contributed by atoms with E-state index in [0.29, 0.717) is 30.6 Å². The lowest BCUT2D eigenvalue weighted by molar-refractivity contribution is -0.117. The van der Waals surface area contributed by atoms with Gasteiger partial charge in [0.05, 0.1) is 0 Å². The standard InChI is InChI=1S/C23H22F3NO2/c24-23(25,26)22-13-18-3-1-2-4-20(18)21(22)11-12-27-14-17-7-5-16(6-8-17)9-10-19(29)15-28/h1-10,27-28H,11-15H2/b10-9+. The van der Waals surface area contributed by atoms with Gasteiger partial charge in [0.1, 0.15) is 6.61 Å². The maximum Gasteiger partial charge on any atom is 0.413 e. The minimum absolute atomic E-state index is 0.0528. The van der Waals surface area contributed by atoms with Crippen molar-refractivity contribution in [2.75, 3.05) is 13.2 Å². The average Bonchev–Trinajstić information content (AvgIpc) is 3.09. The maximum atomic E-state index is 13.4. The Balaban J connectivity index is 1.57. The monoisotopic (exact) mass is 401 g/mol. The van der Waals surface area contributed by atoms with Crippen molar-refractivity contribution in [1.82, 2.24) is 5.32 Å². The number of aliphatic hydroxyl groups is 1. The smallest absolute Gasteiger partial charge is 0.388 e. The molecule has 0 aliphatic heterocycles. The number of allylic oxidation sites excluding steroid dienone is 1. The SMILES string of the molecule is O=C(/C=C/c1ccc(CNCCC2=C(C(F)(F)F)Cc3ccccc32)cc1)CO. The molecule has 29 heavy (non-hydrogen) atoms. The topological polar surface area (TPSA) is 49.3 Å². The van der Waals surface area contributed by atoms with Crippen LogP contribution in [0.2, 0.25) is 0 Å². The number of carbonyl (C=O) groups is 1. The normalized spacial score (nSPS) is 13.9. The molecule has 1 aliphatic carbocycles. The first kappa shape index (κ1) is 21.0. The Labute approximate surface area is 167 Å². The summed E-state index contributed by atoms with van der Waals surface area (Å²) in [4.78, 5) is 11.1. The Morgan fingerprint density at radius 1 is 1.10 bits per heavy atom. The second-order valence-corrected chi connectivity index (χ2v) is 6.91. The van der Waals surface area contributed by atoms with E-state index in [1.165, 1.54) is 6.08 Å². The molecule has 0 atom stereocenters. The largest absolute Gasteiger partial charge is 0.413 e. The zero-order valence-corrected chi connectivity index (χ0v) is 15.8. The molecule has 3 rings (SSSR count). The lowest BCUT2D eigenvalue weighted by atomic mass is 10.0. The fourth-order valence-electron chi connectivity index (χ4n) is 3.42. The van der Waals surface area contributed by atoms with Crippen molar-refractivity contribution in [3.63, 3.8) is 0 Å². The molecule has 0 saturated carbocycles. The third-order valence-corrected chi connectivity index (χ3v) is 4.89. The molecule has 0 bridgehead atoms. The number of hydrogen-bond donors (Lipinski definition) is 2. The minimum Gasteiger partial charge on any atom is -0.388 e. The highest BCUT2D eigenvalue weighted by Crippen LogP contribution is 2.42. The van der Waals surface area contributed by atoms with Gasteiger partial charge in [0, 0.05) is 18.5 Å². The van der Waals surface area contributed by atoms with Crippen LogP contribution in [0.4, 0.5) is 13.2 Å². The number of nitrogens with one attached hydrogen (secondary N) is 1. The van der Waals surface area contributed by atoms with Gasteiger partial charge in [0.25, 0.3) is 0 Å². The van der Waals surface area contributed by atoms with Crippen molar-refractivity contribution in [1.29, 1.82) is 0 Å². The highest BCUT2D eigenvalue weighted by Gasteiger charge is 2.39. The average molecular weight is 401 g/mol. The van der Waals surface area contributed by atoms with Gasteiger partial charge in [-0.3, -0.25) is 4.79 Å². The van der Waals surface area contributed by atoms with E-state index in [9.17, 15) is 18.0 Å². The first-order valence-electron chi connectivity index (χ1n) is 9.37. The van der Waals surface area contributed by atoms with Gasteiger partial charge < -0.3 is 10.4 Å². The third kappa shape index (κ3) is 5.43. The molecular weight excluding hydrogens is 379 g/mol. The molecule has 0 radical (unpaired) electrons. The molecular formula is C23H22F3NO2. The molecule has 2 aromatic carbocycles. The van der Waals surface area contributed by atoms with Gasteiger partial charge in [-0.2, -0.15) is 13.2 Å². The molecule has 2 N–H and O–H groups in total. The van der Waals surface area contributed by atoms with Crippen LogP contribution in [0.1, 0.15) is 28.7 Å². The van der Waals surface area contributed by atoms with E-state index in [0.717, 1.165) is 16.7 Å². The summed E-state index contributed by atoms with van der Waals surface area (Å²) in [5, 5.41) is 11.9. The van der Waals surface area contributed by atoms with E-state index in [2.05, 4.69) is 5.32 Å². The summed E-state index contributed by atoms with van der Waals surface area (Å²) in [6.07, 6.45) is -1.11. The summed E-state index contributed by atoms with van der Waals surface area (Å²) in [7, 11) is 0. The third-order valence-electron chi connectivity index (χ3n) is 4.89. The molecule has 0 aromatic heterocycles. The summed E-state index contributed by atoms with van der Waals surface area (Å²) < 4.78 is 40.2. The van der Waals surface area contributed by atoms with Gasteiger partial charge in [0.2, 0.25) is 0 Å². The minimum atomic E-state index is -4.31. The second kappa shape index (κ2) is 9.20. The van der Waals surface area contributed by atoms with Crippen LogP contribution in [0, 0.1) is 0 Å². The lowest BCUT2D eigenvalue weighted by Crippen LogP contribution is -2.17. The number of rotatable bonds is 8. The first-order chi connectivity index (χ1) is 13.9. The Morgan fingerprint density at radius 3 is 2.52 bits per heavy atom. The molecule has 0 fully saturated rings. The van der Waals surface area contributed by atoms with Crippen LogP contribution >= 0.6 is 0 Å². The van der Waals surface area contributed by atoms with Crippen molar-refractivity contribution >= 4 is 17.4 Å². The fraction of sp³-hybridized carbons (Fsp3) is 0.261. The van der Waals surface area contributed by atoms with Crippen LogP contribution in [-0.2, 0) is 17.8 Å². The highest BCUT2D eigenvalue weighted by atomic mass is 19.4. The van der Waals surface area contributed by atoms with Gasteiger partial charge in [-0.1, -0.05) is 54.6 Å². The van der Waals surface area contributed by atoms with E-state index in [-0.39, 0.29) is 12.2 Å². The summed E-state index contributed by atoms with van der Waals surface area (Å²) >= 11 is 0. The van der Waals surface area contributed by atoms with Crippen molar-refractivity contribution < 1.29 is 23.1 Å². The summed E-state index contributed by atoms with van der Waals surface area (Å²) in [6, 6.07) is 14.5. The zero-order chi connectivity index (χ0) is 20.9. The maximum absolute atomic E-state index is 13.4. The first-order valence-corrected chi connectivity index (χ1v) is 9.37. The number of aliphatic hydroxyl groups excluding tert-OH is 1. The van der Waals surface area contributed by atoms with Crippen LogP contribution in [0.5, 0.6) is 0 Å². The van der Waals surface area contributed by atoms with Crippen LogP contribution in [0.15, 0.2) is 60.2 Å². The number of fused-ring (bicyclic) bond motifs is 1. The predicted molar refractivity (Wildman–Crippen MR) is 107 cm³/mol.